The molecular formula is C16H16N2S. The quantitative estimate of drug-likeness (QED) is 0.642. The Morgan fingerprint density at radius 1 is 1.32 bits per heavy atom. The molecule has 3 heterocycles. The minimum atomic E-state index is 0.521. The van der Waals surface area contributed by atoms with Gasteiger partial charge in [-0.05, 0) is 36.8 Å². The SMILES string of the molecule is Cc1sc2ccccc2c1C1CCCn2cncc21. The summed E-state index contributed by atoms with van der Waals surface area (Å²) in [7, 11) is 0. The second-order valence-corrected chi connectivity index (χ2v) is 6.53. The normalized spacial score (nSPS) is 18.7. The fraction of sp³-hybridized carbons (Fsp3) is 0.312. The van der Waals surface area contributed by atoms with Crippen molar-refractivity contribution in [3.8, 4) is 0 Å². The van der Waals surface area contributed by atoms with Crippen molar-refractivity contribution >= 4 is 21.4 Å². The summed E-state index contributed by atoms with van der Waals surface area (Å²) in [6, 6.07) is 8.78. The van der Waals surface area contributed by atoms with Crippen LogP contribution >= 0.6 is 11.3 Å². The lowest BCUT2D eigenvalue weighted by Crippen LogP contribution is -2.15. The molecule has 0 N–H and O–H groups in total. The molecular weight excluding hydrogens is 252 g/mol. The van der Waals surface area contributed by atoms with Gasteiger partial charge in [0.1, 0.15) is 0 Å². The van der Waals surface area contributed by atoms with Crippen LogP contribution in [0.15, 0.2) is 36.8 Å². The number of rotatable bonds is 1. The van der Waals surface area contributed by atoms with E-state index in [9.17, 15) is 0 Å². The first-order chi connectivity index (χ1) is 9.34. The van der Waals surface area contributed by atoms with Gasteiger partial charge in [-0.3, -0.25) is 0 Å². The van der Waals surface area contributed by atoms with Crippen molar-refractivity contribution in [2.24, 2.45) is 0 Å². The topological polar surface area (TPSA) is 17.8 Å². The second kappa shape index (κ2) is 4.20. The van der Waals surface area contributed by atoms with Crippen molar-refractivity contribution in [1.82, 2.24) is 9.55 Å². The zero-order valence-corrected chi connectivity index (χ0v) is 11.8. The molecule has 0 amide bonds. The van der Waals surface area contributed by atoms with Gasteiger partial charge in [-0.2, -0.15) is 0 Å². The lowest BCUT2D eigenvalue weighted by molar-refractivity contribution is 0.492. The van der Waals surface area contributed by atoms with Gasteiger partial charge in [-0.25, -0.2) is 4.98 Å². The number of nitrogens with zero attached hydrogens (tertiary/aromatic N) is 2. The van der Waals surface area contributed by atoms with Crippen LogP contribution in [0, 0.1) is 6.92 Å². The highest BCUT2D eigenvalue weighted by atomic mass is 32.1. The molecule has 1 aliphatic rings. The number of benzene rings is 1. The van der Waals surface area contributed by atoms with Crippen LogP contribution in [0.4, 0.5) is 0 Å². The molecule has 1 unspecified atom stereocenters. The summed E-state index contributed by atoms with van der Waals surface area (Å²) in [5, 5.41) is 1.43. The molecule has 0 spiro atoms. The van der Waals surface area contributed by atoms with E-state index in [1.807, 2.05) is 17.7 Å². The van der Waals surface area contributed by atoms with Gasteiger partial charge in [0.05, 0.1) is 6.33 Å². The molecule has 3 heteroatoms. The number of hydrogen-bond acceptors (Lipinski definition) is 2. The van der Waals surface area contributed by atoms with Crippen molar-refractivity contribution < 1.29 is 0 Å². The highest BCUT2D eigenvalue weighted by Crippen LogP contribution is 2.42. The van der Waals surface area contributed by atoms with Gasteiger partial charge >= 0.3 is 0 Å². The highest BCUT2D eigenvalue weighted by Gasteiger charge is 2.26. The monoisotopic (exact) mass is 268 g/mol. The maximum Gasteiger partial charge on any atom is 0.0948 e. The van der Waals surface area contributed by atoms with Gasteiger partial charge in [-0.1, -0.05) is 18.2 Å². The van der Waals surface area contributed by atoms with Gasteiger partial charge < -0.3 is 4.57 Å². The van der Waals surface area contributed by atoms with E-state index in [0.717, 1.165) is 6.54 Å². The Bertz CT molecular complexity index is 738. The fourth-order valence-electron chi connectivity index (χ4n) is 3.33. The van der Waals surface area contributed by atoms with Crippen LogP contribution in [0.3, 0.4) is 0 Å². The first-order valence-corrected chi connectivity index (χ1v) is 7.64. The Morgan fingerprint density at radius 3 is 3.16 bits per heavy atom. The van der Waals surface area contributed by atoms with Crippen molar-refractivity contribution in [1.29, 1.82) is 0 Å². The third kappa shape index (κ3) is 1.65. The number of hydrogen-bond donors (Lipinski definition) is 0. The largest absolute Gasteiger partial charge is 0.334 e. The Hall–Kier alpha value is -1.61. The minimum absolute atomic E-state index is 0.521. The first kappa shape index (κ1) is 11.2. The standard InChI is InChI=1S/C16H16N2S/c1-11-16(13-5-2-3-7-15(13)19-11)12-6-4-8-18-10-17-9-14(12)18/h2-3,5,7,9-10,12H,4,6,8H2,1H3. The predicted octanol–water partition coefficient (Wildman–Crippen LogP) is 4.33. The van der Waals surface area contributed by atoms with Crippen molar-refractivity contribution in [3.63, 3.8) is 0 Å². The van der Waals surface area contributed by atoms with E-state index in [2.05, 4.69) is 46.9 Å². The molecule has 96 valence electrons. The third-order valence-corrected chi connectivity index (χ3v) is 5.26. The molecule has 1 aliphatic heterocycles. The summed E-state index contributed by atoms with van der Waals surface area (Å²) in [5.74, 6) is 0.521. The summed E-state index contributed by atoms with van der Waals surface area (Å²) in [5.41, 5.74) is 2.92. The summed E-state index contributed by atoms with van der Waals surface area (Å²) in [6.45, 7) is 3.38. The zero-order chi connectivity index (χ0) is 12.8. The van der Waals surface area contributed by atoms with Crippen LogP contribution < -0.4 is 0 Å². The van der Waals surface area contributed by atoms with Crippen LogP contribution in [0.2, 0.25) is 0 Å². The third-order valence-electron chi connectivity index (χ3n) is 4.16. The van der Waals surface area contributed by atoms with E-state index < -0.39 is 0 Å². The molecule has 1 atom stereocenters. The average Bonchev–Trinajstić information content (AvgIpc) is 3.01. The zero-order valence-electron chi connectivity index (χ0n) is 11.0. The van der Waals surface area contributed by atoms with Crippen molar-refractivity contribution in [2.45, 2.75) is 32.2 Å². The number of thiophene rings is 1. The summed E-state index contributed by atoms with van der Waals surface area (Å²) < 4.78 is 3.73. The molecule has 2 nitrogen and oxygen atoms in total. The molecule has 0 saturated carbocycles. The smallest absolute Gasteiger partial charge is 0.0948 e. The van der Waals surface area contributed by atoms with Crippen LogP contribution in [0.5, 0.6) is 0 Å². The van der Waals surface area contributed by atoms with E-state index in [4.69, 9.17) is 0 Å². The van der Waals surface area contributed by atoms with E-state index in [0.29, 0.717) is 5.92 Å². The van der Waals surface area contributed by atoms with Crippen LogP contribution in [-0.2, 0) is 6.54 Å². The number of aryl methyl sites for hydroxylation is 2. The Labute approximate surface area is 116 Å². The number of aromatic nitrogens is 2. The lowest BCUT2D eigenvalue weighted by Gasteiger charge is -2.24. The van der Waals surface area contributed by atoms with Crippen LogP contribution in [0.25, 0.3) is 10.1 Å². The summed E-state index contributed by atoms with van der Waals surface area (Å²) in [4.78, 5) is 5.80. The number of fused-ring (bicyclic) bond motifs is 2. The molecule has 0 saturated heterocycles. The number of imidazole rings is 1. The van der Waals surface area contributed by atoms with Gasteiger partial charge in [0, 0.05) is 33.9 Å². The molecule has 4 rings (SSSR count). The first-order valence-electron chi connectivity index (χ1n) is 6.82. The minimum Gasteiger partial charge on any atom is -0.334 e. The van der Waals surface area contributed by atoms with E-state index in [-0.39, 0.29) is 0 Å². The molecule has 19 heavy (non-hydrogen) atoms. The Morgan fingerprint density at radius 2 is 2.21 bits per heavy atom. The molecule has 1 aromatic carbocycles. The molecule has 2 aromatic heterocycles. The van der Waals surface area contributed by atoms with Crippen LogP contribution in [-0.4, -0.2) is 9.55 Å². The molecule has 0 aliphatic carbocycles. The Balaban J connectivity index is 1.95. The van der Waals surface area contributed by atoms with E-state index in [1.54, 1.807) is 0 Å². The highest BCUT2D eigenvalue weighted by molar-refractivity contribution is 7.19. The van der Waals surface area contributed by atoms with Gasteiger partial charge in [0.15, 0.2) is 0 Å². The van der Waals surface area contributed by atoms with Crippen molar-refractivity contribution in [2.75, 3.05) is 0 Å². The van der Waals surface area contributed by atoms with Crippen LogP contribution in [0.1, 0.15) is 34.9 Å². The lowest BCUT2D eigenvalue weighted by atomic mass is 9.87. The fourth-order valence-corrected chi connectivity index (χ4v) is 4.46. The molecule has 0 fully saturated rings. The summed E-state index contributed by atoms with van der Waals surface area (Å²) in [6.07, 6.45) is 6.52. The van der Waals surface area contributed by atoms with Gasteiger partial charge in [0.25, 0.3) is 0 Å². The molecule has 0 radical (unpaired) electrons. The van der Waals surface area contributed by atoms with E-state index in [1.165, 1.54) is 39.1 Å². The van der Waals surface area contributed by atoms with E-state index >= 15 is 0 Å². The van der Waals surface area contributed by atoms with Gasteiger partial charge in [0.2, 0.25) is 0 Å². The summed E-state index contributed by atoms with van der Waals surface area (Å²) >= 11 is 1.92. The molecule has 0 bridgehead atoms. The average molecular weight is 268 g/mol. The van der Waals surface area contributed by atoms with Gasteiger partial charge in [-0.15, -0.1) is 11.3 Å². The van der Waals surface area contributed by atoms with Crippen molar-refractivity contribution in [3.05, 3.63) is 52.9 Å². The Kier molecular flexibility index (Phi) is 2.49. The predicted molar refractivity (Wildman–Crippen MR) is 79.9 cm³/mol. The molecule has 3 aromatic rings. The second-order valence-electron chi connectivity index (χ2n) is 5.27. The maximum absolute atomic E-state index is 4.34. The maximum atomic E-state index is 4.34.